The molecule has 26 heavy (non-hydrogen) atoms. The van der Waals surface area contributed by atoms with Crippen molar-refractivity contribution in [2.45, 2.75) is 78.8 Å². The summed E-state index contributed by atoms with van der Waals surface area (Å²) in [5.41, 5.74) is 0. The first kappa shape index (κ1) is 21.2. The molecule has 2 rings (SSSR count). The number of piperidine rings is 1. The molecule has 4 unspecified atom stereocenters. The van der Waals surface area contributed by atoms with E-state index in [1.807, 2.05) is 25.7 Å². The Morgan fingerprint density at radius 1 is 1.08 bits per heavy atom. The zero-order valence-corrected chi connectivity index (χ0v) is 17.5. The molecule has 4 atom stereocenters. The van der Waals surface area contributed by atoms with Gasteiger partial charge in [-0.1, -0.05) is 26.7 Å². The Kier molecular flexibility index (Phi) is 7.93. The number of amides is 2. The molecule has 1 aliphatic heterocycles. The van der Waals surface area contributed by atoms with Crippen LogP contribution in [0.4, 0.5) is 0 Å². The molecule has 2 fully saturated rings. The standard InChI is InChI=1S/C21H39N3O2/c1-6-23(7-2)21(26)18-11-13-24(14-12-18)17(5)20(25)22-19-10-8-9-15(3)16(19)4/h15-19H,6-14H2,1-5H3,(H,22,25). The van der Waals surface area contributed by atoms with Gasteiger partial charge in [0.2, 0.25) is 11.8 Å². The first-order valence-corrected chi connectivity index (χ1v) is 10.7. The van der Waals surface area contributed by atoms with E-state index in [0.717, 1.165) is 45.4 Å². The summed E-state index contributed by atoms with van der Waals surface area (Å²) in [6.07, 6.45) is 5.32. The maximum atomic E-state index is 12.8. The highest BCUT2D eigenvalue weighted by atomic mass is 16.2. The smallest absolute Gasteiger partial charge is 0.237 e. The van der Waals surface area contributed by atoms with E-state index in [0.29, 0.717) is 17.9 Å². The van der Waals surface area contributed by atoms with E-state index < -0.39 is 0 Å². The number of rotatable bonds is 6. The second-order valence-electron chi connectivity index (χ2n) is 8.38. The zero-order valence-electron chi connectivity index (χ0n) is 17.5. The van der Waals surface area contributed by atoms with Crippen molar-refractivity contribution < 1.29 is 9.59 Å². The minimum Gasteiger partial charge on any atom is -0.352 e. The molecule has 2 amide bonds. The number of carbonyl (C=O) groups excluding carboxylic acids is 2. The van der Waals surface area contributed by atoms with Crippen LogP contribution in [-0.4, -0.2) is 59.9 Å². The van der Waals surface area contributed by atoms with Gasteiger partial charge in [-0.15, -0.1) is 0 Å². The van der Waals surface area contributed by atoms with Crippen LogP contribution < -0.4 is 5.32 Å². The van der Waals surface area contributed by atoms with Gasteiger partial charge in [-0.2, -0.15) is 0 Å². The van der Waals surface area contributed by atoms with Gasteiger partial charge >= 0.3 is 0 Å². The monoisotopic (exact) mass is 365 g/mol. The van der Waals surface area contributed by atoms with Crippen LogP contribution in [-0.2, 0) is 9.59 Å². The lowest BCUT2D eigenvalue weighted by Crippen LogP contribution is -2.53. The normalized spacial score (nSPS) is 29.2. The molecule has 0 aromatic rings. The molecule has 0 radical (unpaired) electrons. The second-order valence-corrected chi connectivity index (χ2v) is 8.38. The van der Waals surface area contributed by atoms with Crippen LogP contribution in [0.1, 0.15) is 66.7 Å². The Morgan fingerprint density at radius 2 is 1.69 bits per heavy atom. The van der Waals surface area contributed by atoms with Crippen molar-refractivity contribution in [1.82, 2.24) is 15.1 Å². The highest BCUT2D eigenvalue weighted by Gasteiger charge is 2.33. The number of nitrogens with zero attached hydrogens (tertiary/aromatic N) is 2. The van der Waals surface area contributed by atoms with Gasteiger partial charge in [0.25, 0.3) is 0 Å². The van der Waals surface area contributed by atoms with Crippen LogP contribution in [0.15, 0.2) is 0 Å². The number of nitrogens with one attached hydrogen (secondary N) is 1. The third-order valence-corrected chi connectivity index (χ3v) is 6.92. The van der Waals surface area contributed by atoms with Crippen molar-refractivity contribution in [1.29, 1.82) is 0 Å². The number of hydrogen-bond acceptors (Lipinski definition) is 3. The fraction of sp³-hybridized carbons (Fsp3) is 0.905. The van der Waals surface area contributed by atoms with E-state index in [2.05, 4.69) is 24.1 Å². The summed E-state index contributed by atoms with van der Waals surface area (Å²) in [6.45, 7) is 13.9. The first-order valence-electron chi connectivity index (χ1n) is 10.7. The summed E-state index contributed by atoms with van der Waals surface area (Å²) in [5, 5.41) is 3.31. The molecule has 1 heterocycles. The van der Waals surface area contributed by atoms with Gasteiger partial charge in [0.15, 0.2) is 0 Å². The Balaban J connectivity index is 1.82. The van der Waals surface area contributed by atoms with Crippen molar-refractivity contribution in [3.05, 3.63) is 0 Å². The van der Waals surface area contributed by atoms with Crippen molar-refractivity contribution in [2.75, 3.05) is 26.2 Å². The van der Waals surface area contributed by atoms with Crippen molar-refractivity contribution in [3.63, 3.8) is 0 Å². The van der Waals surface area contributed by atoms with E-state index in [1.165, 1.54) is 12.8 Å². The molecule has 1 aliphatic carbocycles. The molecule has 2 aliphatic rings. The minimum absolute atomic E-state index is 0.107. The number of likely N-dealkylation sites (tertiary alicyclic amines) is 1. The molecule has 0 aromatic heterocycles. The third kappa shape index (κ3) is 4.99. The Bertz CT molecular complexity index is 470. The molecule has 1 saturated carbocycles. The predicted octanol–water partition coefficient (Wildman–Crippen LogP) is 2.90. The van der Waals surface area contributed by atoms with Gasteiger partial charge in [0, 0.05) is 25.0 Å². The molecule has 5 heteroatoms. The fourth-order valence-electron chi connectivity index (χ4n) is 4.58. The fourth-order valence-corrected chi connectivity index (χ4v) is 4.58. The highest BCUT2D eigenvalue weighted by Crippen LogP contribution is 2.29. The summed E-state index contributed by atoms with van der Waals surface area (Å²) in [5.74, 6) is 1.81. The quantitative estimate of drug-likeness (QED) is 0.787. The van der Waals surface area contributed by atoms with Crippen LogP contribution in [0, 0.1) is 17.8 Å². The van der Waals surface area contributed by atoms with Gasteiger partial charge in [-0.25, -0.2) is 0 Å². The Hall–Kier alpha value is -1.10. The summed E-state index contributed by atoms with van der Waals surface area (Å²) in [6, 6.07) is 0.208. The molecule has 150 valence electrons. The van der Waals surface area contributed by atoms with Crippen LogP contribution in [0.2, 0.25) is 0 Å². The topological polar surface area (TPSA) is 52.7 Å². The largest absolute Gasteiger partial charge is 0.352 e. The lowest BCUT2D eigenvalue weighted by Gasteiger charge is -2.38. The molecule has 0 aromatic carbocycles. The molecule has 0 spiro atoms. The third-order valence-electron chi connectivity index (χ3n) is 6.92. The molecular weight excluding hydrogens is 326 g/mol. The SMILES string of the molecule is CCN(CC)C(=O)C1CCN(C(C)C(=O)NC2CCCC(C)C2C)CC1. The zero-order chi connectivity index (χ0) is 19.3. The highest BCUT2D eigenvalue weighted by molar-refractivity contribution is 5.82. The average Bonchev–Trinajstić information content (AvgIpc) is 2.65. The first-order chi connectivity index (χ1) is 12.4. The Morgan fingerprint density at radius 3 is 2.27 bits per heavy atom. The average molecular weight is 366 g/mol. The van der Waals surface area contributed by atoms with Crippen molar-refractivity contribution >= 4 is 11.8 Å². The second kappa shape index (κ2) is 9.72. The van der Waals surface area contributed by atoms with Crippen LogP contribution in [0.25, 0.3) is 0 Å². The number of carbonyl (C=O) groups is 2. The van der Waals surface area contributed by atoms with Gasteiger partial charge in [-0.3, -0.25) is 14.5 Å². The Labute approximate surface area is 159 Å². The predicted molar refractivity (Wildman–Crippen MR) is 106 cm³/mol. The molecule has 1 N–H and O–H groups in total. The maximum absolute atomic E-state index is 12.8. The van der Waals surface area contributed by atoms with E-state index in [-0.39, 0.29) is 23.8 Å². The summed E-state index contributed by atoms with van der Waals surface area (Å²) < 4.78 is 0. The van der Waals surface area contributed by atoms with Crippen molar-refractivity contribution in [3.8, 4) is 0 Å². The van der Waals surface area contributed by atoms with Crippen molar-refractivity contribution in [2.24, 2.45) is 17.8 Å². The van der Waals surface area contributed by atoms with E-state index in [4.69, 9.17) is 0 Å². The van der Waals surface area contributed by atoms with Crippen LogP contribution >= 0.6 is 0 Å². The van der Waals surface area contributed by atoms with Gasteiger partial charge in [-0.05, 0) is 65.0 Å². The molecule has 0 bridgehead atoms. The van der Waals surface area contributed by atoms with E-state index in [1.54, 1.807) is 0 Å². The summed E-state index contributed by atoms with van der Waals surface area (Å²) >= 11 is 0. The summed E-state index contributed by atoms with van der Waals surface area (Å²) in [4.78, 5) is 29.5. The van der Waals surface area contributed by atoms with Gasteiger partial charge < -0.3 is 10.2 Å². The van der Waals surface area contributed by atoms with Gasteiger partial charge in [0.1, 0.15) is 0 Å². The molecule has 1 saturated heterocycles. The minimum atomic E-state index is -0.107. The lowest BCUT2D eigenvalue weighted by molar-refractivity contribution is -0.137. The molecular formula is C21H39N3O2. The number of hydrogen-bond donors (Lipinski definition) is 1. The summed E-state index contributed by atoms with van der Waals surface area (Å²) in [7, 11) is 0. The van der Waals surface area contributed by atoms with E-state index >= 15 is 0 Å². The molecule has 5 nitrogen and oxygen atoms in total. The van der Waals surface area contributed by atoms with Crippen LogP contribution in [0.5, 0.6) is 0 Å². The van der Waals surface area contributed by atoms with Gasteiger partial charge in [0.05, 0.1) is 6.04 Å². The van der Waals surface area contributed by atoms with E-state index in [9.17, 15) is 9.59 Å². The lowest BCUT2D eigenvalue weighted by atomic mass is 9.78. The maximum Gasteiger partial charge on any atom is 0.237 e. The van der Waals surface area contributed by atoms with Crippen LogP contribution in [0.3, 0.4) is 0 Å².